The molecule has 0 aliphatic carbocycles. The Bertz CT molecular complexity index is 609. The zero-order valence-corrected chi connectivity index (χ0v) is 13.6. The minimum Gasteiger partial charge on any atom is -0.332 e. The van der Waals surface area contributed by atoms with Crippen LogP contribution in [0, 0.1) is 6.92 Å². The lowest BCUT2D eigenvalue weighted by Crippen LogP contribution is -2.40. The number of hydrogen-bond donors (Lipinski definition) is 1. The van der Waals surface area contributed by atoms with Crippen molar-refractivity contribution in [1.29, 1.82) is 0 Å². The van der Waals surface area contributed by atoms with Crippen LogP contribution in [-0.4, -0.2) is 29.0 Å². The lowest BCUT2D eigenvalue weighted by atomic mass is 10.1. The molecule has 0 fully saturated rings. The molecule has 0 radical (unpaired) electrons. The average Bonchev–Trinajstić information content (AvgIpc) is 2.95. The molecule has 1 heterocycles. The average molecular weight is 315 g/mol. The van der Waals surface area contributed by atoms with Gasteiger partial charge in [0.2, 0.25) is 0 Å². The number of nitrogens with zero attached hydrogens (tertiary/aromatic N) is 2. The number of nitrogens with one attached hydrogen (secondary N) is 1. The van der Waals surface area contributed by atoms with Gasteiger partial charge >= 0.3 is 6.03 Å². The summed E-state index contributed by atoms with van der Waals surface area (Å²) in [5.74, 6) is 0. The molecule has 22 heavy (non-hydrogen) atoms. The Morgan fingerprint density at radius 1 is 1.41 bits per heavy atom. The van der Waals surface area contributed by atoms with Crippen molar-refractivity contribution in [2.45, 2.75) is 19.9 Å². The number of thiazole rings is 1. The van der Waals surface area contributed by atoms with Gasteiger partial charge in [-0.25, -0.2) is 9.78 Å². The van der Waals surface area contributed by atoms with Crippen LogP contribution in [0.25, 0.3) is 0 Å². The van der Waals surface area contributed by atoms with Crippen LogP contribution >= 0.6 is 11.3 Å². The topological polar surface area (TPSA) is 45.2 Å². The fourth-order valence-corrected chi connectivity index (χ4v) is 2.72. The standard InChI is InChI=1S/C17H21N3OS/c1-3-10-20(11-9-15-7-5-4-6-8-15)17(21)18-12-16-13-22-14(2)19-16/h3-8,13H,1,9-12H2,2H3,(H,18,21). The molecule has 0 unspecified atom stereocenters. The normalized spacial score (nSPS) is 10.2. The molecule has 0 saturated carbocycles. The van der Waals surface area contributed by atoms with Crippen LogP contribution in [0.1, 0.15) is 16.3 Å². The van der Waals surface area contributed by atoms with E-state index < -0.39 is 0 Å². The third-order valence-corrected chi connectivity index (χ3v) is 4.06. The molecule has 0 bridgehead atoms. The number of carbonyl (C=O) groups excluding carboxylic acids is 1. The number of hydrogen-bond acceptors (Lipinski definition) is 3. The van der Waals surface area contributed by atoms with Gasteiger partial charge < -0.3 is 10.2 Å². The summed E-state index contributed by atoms with van der Waals surface area (Å²) >= 11 is 1.59. The molecule has 5 heteroatoms. The van der Waals surface area contributed by atoms with E-state index in [0.29, 0.717) is 19.6 Å². The number of carbonyl (C=O) groups is 1. The van der Waals surface area contributed by atoms with Crippen molar-refractivity contribution in [3.63, 3.8) is 0 Å². The van der Waals surface area contributed by atoms with Crippen LogP contribution in [0.4, 0.5) is 4.79 Å². The van der Waals surface area contributed by atoms with Gasteiger partial charge in [0.25, 0.3) is 0 Å². The highest BCUT2D eigenvalue weighted by molar-refractivity contribution is 7.09. The molecular formula is C17H21N3OS. The first-order chi connectivity index (χ1) is 10.7. The number of aryl methyl sites for hydroxylation is 1. The quantitative estimate of drug-likeness (QED) is 0.796. The van der Waals surface area contributed by atoms with E-state index in [1.54, 1.807) is 22.3 Å². The number of rotatable bonds is 7. The van der Waals surface area contributed by atoms with Gasteiger partial charge in [-0.05, 0) is 18.9 Å². The summed E-state index contributed by atoms with van der Waals surface area (Å²) in [5.41, 5.74) is 2.12. The second-order valence-electron chi connectivity index (χ2n) is 4.99. The molecule has 116 valence electrons. The first kappa shape index (κ1) is 16.2. The lowest BCUT2D eigenvalue weighted by Gasteiger charge is -2.21. The largest absolute Gasteiger partial charge is 0.332 e. The van der Waals surface area contributed by atoms with Crippen molar-refractivity contribution in [3.8, 4) is 0 Å². The third-order valence-electron chi connectivity index (χ3n) is 3.24. The first-order valence-electron chi connectivity index (χ1n) is 7.27. The van der Waals surface area contributed by atoms with Crippen molar-refractivity contribution < 1.29 is 4.79 Å². The zero-order valence-electron chi connectivity index (χ0n) is 12.8. The molecule has 1 aromatic carbocycles. The molecule has 2 amide bonds. The molecule has 2 aromatic rings. The van der Waals surface area contributed by atoms with Crippen molar-refractivity contribution >= 4 is 17.4 Å². The summed E-state index contributed by atoms with van der Waals surface area (Å²) in [7, 11) is 0. The molecule has 0 aliphatic heterocycles. The smallest absolute Gasteiger partial charge is 0.318 e. The monoisotopic (exact) mass is 315 g/mol. The summed E-state index contributed by atoms with van der Waals surface area (Å²) in [4.78, 5) is 18.4. The number of urea groups is 1. The Morgan fingerprint density at radius 2 is 2.18 bits per heavy atom. The van der Waals surface area contributed by atoms with Gasteiger partial charge in [-0.1, -0.05) is 36.4 Å². The van der Waals surface area contributed by atoms with Gasteiger partial charge in [-0.15, -0.1) is 17.9 Å². The van der Waals surface area contributed by atoms with Gasteiger partial charge in [0.15, 0.2) is 0 Å². The Morgan fingerprint density at radius 3 is 2.82 bits per heavy atom. The molecule has 1 N–H and O–H groups in total. The molecule has 0 saturated heterocycles. The van der Waals surface area contributed by atoms with E-state index in [2.05, 4.69) is 29.0 Å². The second kappa shape index (κ2) is 8.34. The van der Waals surface area contributed by atoms with E-state index in [1.165, 1.54) is 5.56 Å². The minimum atomic E-state index is -0.0820. The molecule has 0 atom stereocenters. The maximum atomic E-state index is 12.3. The van der Waals surface area contributed by atoms with Gasteiger partial charge in [0.1, 0.15) is 0 Å². The minimum absolute atomic E-state index is 0.0820. The molecule has 2 rings (SSSR count). The maximum absolute atomic E-state index is 12.3. The Hall–Kier alpha value is -2.14. The van der Waals surface area contributed by atoms with Gasteiger partial charge in [-0.2, -0.15) is 0 Å². The Labute approximate surface area is 135 Å². The summed E-state index contributed by atoms with van der Waals surface area (Å²) in [6.07, 6.45) is 2.58. The highest BCUT2D eigenvalue weighted by atomic mass is 32.1. The summed E-state index contributed by atoms with van der Waals surface area (Å²) in [6, 6.07) is 10.1. The Kier molecular flexibility index (Phi) is 6.15. The van der Waals surface area contributed by atoms with Gasteiger partial charge in [0, 0.05) is 18.5 Å². The first-order valence-corrected chi connectivity index (χ1v) is 8.15. The van der Waals surface area contributed by atoms with Crippen LogP contribution < -0.4 is 5.32 Å². The highest BCUT2D eigenvalue weighted by Gasteiger charge is 2.12. The molecule has 0 spiro atoms. The van der Waals surface area contributed by atoms with E-state index in [-0.39, 0.29) is 6.03 Å². The summed E-state index contributed by atoms with van der Waals surface area (Å²) < 4.78 is 0. The second-order valence-corrected chi connectivity index (χ2v) is 6.05. The van der Waals surface area contributed by atoms with E-state index in [4.69, 9.17) is 0 Å². The van der Waals surface area contributed by atoms with Crippen molar-refractivity contribution in [1.82, 2.24) is 15.2 Å². The van der Waals surface area contributed by atoms with Crippen molar-refractivity contribution in [2.75, 3.05) is 13.1 Å². The van der Waals surface area contributed by atoms with Crippen LogP contribution in [0.5, 0.6) is 0 Å². The summed E-state index contributed by atoms with van der Waals surface area (Å²) in [5, 5.41) is 5.90. The number of amides is 2. The molecule has 0 aliphatic rings. The maximum Gasteiger partial charge on any atom is 0.318 e. The molecular weight excluding hydrogens is 294 g/mol. The SMILES string of the molecule is C=CCN(CCc1ccccc1)C(=O)NCc1csc(C)n1. The van der Waals surface area contributed by atoms with E-state index in [9.17, 15) is 4.79 Å². The van der Waals surface area contributed by atoms with Crippen LogP contribution in [0.3, 0.4) is 0 Å². The molecule has 1 aromatic heterocycles. The Balaban J connectivity index is 1.86. The predicted molar refractivity (Wildman–Crippen MR) is 91.0 cm³/mol. The molecule has 4 nitrogen and oxygen atoms in total. The van der Waals surface area contributed by atoms with Crippen LogP contribution in [-0.2, 0) is 13.0 Å². The van der Waals surface area contributed by atoms with Crippen molar-refractivity contribution in [3.05, 3.63) is 64.6 Å². The van der Waals surface area contributed by atoms with Crippen molar-refractivity contribution in [2.24, 2.45) is 0 Å². The number of aromatic nitrogens is 1. The van der Waals surface area contributed by atoms with Crippen LogP contribution in [0.2, 0.25) is 0 Å². The summed E-state index contributed by atoms with van der Waals surface area (Å²) in [6.45, 7) is 7.35. The van der Waals surface area contributed by atoms with Gasteiger partial charge in [0.05, 0.1) is 17.2 Å². The number of benzene rings is 1. The lowest BCUT2D eigenvalue weighted by molar-refractivity contribution is 0.203. The highest BCUT2D eigenvalue weighted by Crippen LogP contribution is 2.08. The fourth-order valence-electron chi connectivity index (χ4n) is 2.11. The zero-order chi connectivity index (χ0) is 15.8. The van der Waals surface area contributed by atoms with Gasteiger partial charge in [-0.3, -0.25) is 0 Å². The van der Waals surface area contributed by atoms with E-state index in [0.717, 1.165) is 17.1 Å². The third kappa shape index (κ3) is 5.00. The van der Waals surface area contributed by atoms with E-state index in [1.807, 2.05) is 30.5 Å². The fraction of sp³-hybridized carbons (Fsp3) is 0.294. The van der Waals surface area contributed by atoms with E-state index >= 15 is 0 Å². The predicted octanol–water partition coefficient (Wildman–Crippen LogP) is 3.39. The van der Waals surface area contributed by atoms with Crippen LogP contribution in [0.15, 0.2) is 48.4 Å².